The van der Waals surface area contributed by atoms with Crippen LogP contribution in [0.3, 0.4) is 0 Å². The Morgan fingerprint density at radius 1 is 1.21 bits per heavy atom. The van der Waals surface area contributed by atoms with E-state index in [1.165, 1.54) is 19.1 Å². The number of benzene rings is 1. The van der Waals surface area contributed by atoms with Crippen molar-refractivity contribution in [2.45, 2.75) is 19.1 Å². The normalized spacial score (nSPS) is 13.2. The summed E-state index contributed by atoms with van der Waals surface area (Å²) in [5.74, 6) is 0. The summed E-state index contributed by atoms with van der Waals surface area (Å²) in [7, 11) is 0. The third-order valence-electron chi connectivity index (χ3n) is 1.76. The lowest BCUT2D eigenvalue weighted by Gasteiger charge is -2.14. The summed E-state index contributed by atoms with van der Waals surface area (Å²) in [5.41, 5.74) is 4.90. The first-order valence-electron chi connectivity index (χ1n) is 3.84. The largest absolute Gasteiger partial charge is 0.416 e. The second kappa shape index (κ2) is 4.97. The van der Waals surface area contributed by atoms with Crippen LogP contribution in [0.4, 0.5) is 13.2 Å². The third-order valence-corrected chi connectivity index (χ3v) is 1.76. The number of halogens is 4. The molecule has 0 radical (unpaired) electrons. The number of nitrogens with two attached hydrogens (primary N) is 1. The van der Waals surface area contributed by atoms with Crippen LogP contribution in [0.15, 0.2) is 24.3 Å². The Balaban J connectivity index is 0.00000169. The third kappa shape index (κ3) is 3.13. The van der Waals surface area contributed by atoms with Crippen molar-refractivity contribution in [3.63, 3.8) is 0 Å². The molecule has 0 aliphatic carbocycles. The number of alkyl halides is 3. The van der Waals surface area contributed by atoms with Gasteiger partial charge in [0.1, 0.15) is 0 Å². The summed E-state index contributed by atoms with van der Waals surface area (Å²) in [4.78, 5) is 0. The first kappa shape index (κ1) is 13.7. The average Bonchev–Trinajstić information content (AvgIpc) is 2.03. The van der Waals surface area contributed by atoms with Crippen LogP contribution >= 0.6 is 24.0 Å². The molecule has 0 saturated carbocycles. The van der Waals surface area contributed by atoms with Crippen molar-refractivity contribution >= 4 is 24.0 Å². The maximum absolute atomic E-state index is 12.4. The number of rotatable bonds is 1. The van der Waals surface area contributed by atoms with Crippen LogP contribution in [0.1, 0.15) is 24.1 Å². The molecule has 1 aromatic rings. The van der Waals surface area contributed by atoms with Crippen molar-refractivity contribution in [2.75, 3.05) is 0 Å². The highest BCUT2D eigenvalue weighted by molar-refractivity contribution is 14.0. The van der Waals surface area contributed by atoms with Crippen molar-refractivity contribution in [1.82, 2.24) is 0 Å². The lowest BCUT2D eigenvalue weighted by Crippen LogP contribution is -2.14. The van der Waals surface area contributed by atoms with E-state index in [1.54, 1.807) is 6.07 Å². The van der Waals surface area contributed by atoms with Crippen LogP contribution in [0.25, 0.3) is 0 Å². The maximum atomic E-state index is 12.4. The molecule has 0 bridgehead atoms. The molecule has 0 fully saturated rings. The summed E-state index contributed by atoms with van der Waals surface area (Å²) in [6.07, 6.45) is -4.32. The van der Waals surface area contributed by atoms with Crippen LogP contribution in [0, 0.1) is 0 Å². The lowest BCUT2D eigenvalue weighted by molar-refractivity contribution is -0.138. The molecule has 14 heavy (non-hydrogen) atoms. The topological polar surface area (TPSA) is 26.0 Å². The van der Waals surface area contributed by atoms with E-state index in [0.717, 1.165) is 6.07 Å². The number of hydrogen-bond acceptors (Lipinski definition) is 1. The SMILES string of the molecule is CC(N)c1ccccc1C(F)(F)F.I. The van der Waals surface area contributed by atoms with E-state index in [2.05, 4.69) is 0 Å². The van der Waals surface area contributed by atoms with Gasteiger partial charge < -0.3 is 5.73 Å². The van der Waals surface area contributed by atoms with Gasteiger partial charge in [-0.05, 0) is 18.6 Å². The Morgan fingerprint density at radius 3 is 2.07 bits per heavy atom. The Morgan fingerprint density at radius 2 is 1.71 bits per heavy atom. The molecule has 1 atom stereocenters. The van der Waals surface area contributed by atoms with E-state index < -0.39 is 17.8 Å². The molecule has 1 aromatic carbocycles. The van der Waals surface area contributed by atoms with Crippen molar-refractivity contribution in [3.05, 3.63) is 35.4 Å². The molecular formula is C9H11F3IN. The number of hydrogen-bond donors (Lipinski definition) is 1. The summed E-state index contributed by atoms with van der Waals surface area (Å²) >= 11 is 0. The van der Waals surface area contributed by atoms with E-state index in [-0.39, 0.29) is 29.5 Å². The Labute approximate surface area is 97.5 Å². The van der Waals surface area contributed by atoms with E-state index in [4.69, 9.17) is 5.73 Å². The first-order valence-corrected chi connectivity index (χ1v) is 3.84. The van der Waals surface area contributed by atoms with Crippen LogP contribution in [0.5, 0.6) is 0 Å². The molecule has 1 unspecified atom stereocenters. The molecule has 5 heteroatoms. The van der Waals surface area contributed by atoms with Crippen molar-refractivity contribution in [2.24, 2.45) is 5.73 Å². The zero-order valence-electron chi connectivity index (χ0n) is 7.51. The van der Waals surface area contributed by atoms with Crippen LogP contribution in [-0.4, -0.2) is 0 Å². The van der Waals surface area contributed by atoms with Gasteiger partial charge in [-0.25, -0.2) is 0 Å². The quantitative estimate of drug-likeness (QED) is 0.790. The second-order valence-corrected chi connectivity index (χ2v) is 2.87. The highest BCUT2D eigenvalue weighted by Gasteiger charge is 2.33. The minimum Gasteiger partial charge on any atom is -0.324 e. The maximum Gasteiger partial charge on any atom is 0.416 e. The van der Waals surface area contributed by atoms with E-state index in [1.807, 2.05) is 0 Å². The lowest BCUT2D eigenvalue weighted by atomic mass is 10.0. The molecule has 0 aliphatic heterocycles. The average molecular weight is 317 g/mol. The molecule has 0 saturated heterocycles. The first-order chi connectivity index (χ1) is 5.93. The van der Waals surface area contributed by atoms with Crippen LogP contribution in [0.2, 0.25) is 0 Å². The molecule has 2 N–H and O–H groups in total. The predicted molar refractivity (Wildman–Crippen MR) is 59.5 cm³/mol. The molecule has 0 amide bonds. The summed E-state index contributed by atoms with van der Waals surface area (Å²) in [6.45, 7) is 1.53. The fourth-order valence-corrected chi connectivity index (χ4v) is 1.15. The molecule has 80 valence electrons. The van der Waals surface area contributed by atoms with Gasteiger partial charge in [0.2, 0.25) is 0 Å². The van der Waals surface area contributed by atoms with Gasteiger partial charge in [-0.15, -0.1) is 24.0 Å². The summed E-state index contributed by atoms with van der Waals surface area (Å²) < 4.78 is 37.1. The van der Waals surface area contributed by atoms with Gasteiger partial charge in [0.15, 0.2) is 0 Å². The van der Waals surface area contributed by atoms with Gasteiger partial charge in [0.25, 0.3) is 0 Å². The monoisotopic (exact) mass is 317 g/mol. The molecule has 0 aliphatic rings. The Kier molecular flexibility index (Phi) is 4.87. The minimum absolute atomic E-state index is 0. The van der Waals surface area contributed by atoms with Gasteiger partial charge in [-0.1, -0.05) is 18.2 Å². The standard InChI is InChI=1S/C9H10F3N.HI/c1-6(13)7-4-2-3-5-8(7)9(10,11)12;/h2-6H,13H2,1H3;1H. The zero-order chi connectivity index (χ0) is 10.1. The van der Waals surface area contributed by atoms with Gasteiger partial charge >= 0.3 is 6.18 Å². The molecule has 1 nitrogen and oxygen atoms in total. The van der Waals surface area contributed by atoms with Crippen LogP contribution in [-0.2, 0) is 6.18 Å². The van der Waals surface area contributed by atoms with Gasteiger partial charge in [-0.2, -0.15) is 13.2 Å². The van der Waals surface area contributed by atoms with E-state index >= 15 is 0 Å². The van der Waals surface area contributed by atoms with Crippen molar-refractivity contribution in [1.29, 1.82) is 0 Å². The van der Waals surface area contributed by atoms with Crippen molar-refractivity contribution < 1.29 is 13.2 Å². The fraction of sp³-hybridized carbons (Fsp3) is 0.333. The van der Waals surface area contributed by atoms with E-state index in [9.17, 15) is 13.2 Å². The summed E-state index contributed by atoms with van der Waals surface area (Å²) in [6, 6.07) is 4.74. The molecule has 0 spiro atoms. The molecule has 0 aromatic heterocycles. The predicted octanol–water partition coefficient (Wildman–Crippen LogP) is 3.34. The van der Waals surface area contributed by atoms with Crippen molar-refractivity contribution in [3.8, 4) is 0 Å². The van der Waals surface area contributed by atoms with Gasteiger partial charge in [0, 0.05) is 6.04 Å². The second-order valence-electron chi connectivity index (χ2n) is 2.87. The van der Waals surface area contributed by atoms with Gasteiger partial charge in [-0.3, -0.25) is 0 Å². The minimum atomic E-state index is -4.32. The zero-order valence-corrected chi connectivity index (χ0v) is 9.84. The fourth-order valence-electron chi connectivity index (χ4n) is 1.15. The van der Waals surface area contributed by atoms with E-state index in [0.29, 0.717) is 0 Å². The molecule has 0 heterocycles. The van der Waals surface area contributed by atoms with Crippen LogP contribution < -0.4 is 5.73 Å². The highest BCUT2D eigenvalue weighted by Crippen LogP contribution is 2.33. The molecular weight excluding hydrogens is 306 g/mol. The highest BCUT2D eigenvalue weighted by atomic mass is 127. The smallest absolute Gasteiger partial charge is 0.324 e. The van der Waals surface area contributed by atoms with Gasteiger partial charge in [0.05, 0.1) is 5.56 Å². The summed E-state index contributed by atoms with van der Waals surface area (Å²) in [5, 5.41) is 0. The Hall–Kier alpha value is -0.300. The molecule has 1 rings (SSSR count). The Bertz CT molecular complexity index is 296.